The lowest BCUT2D eigenvalue weighted by molar-refractivity contribution is -0.131. The molecule has 1 aromatic carbocycles. The summed E-state index contributed by atoms with van der Waals surface area (Å²) in [6, 6.07) is 7.78. The van der Waals surface area contributed by atoms with Crippen LogP contribution < -0.4 is 4.90 Å². The third kappa shape index (κ3) is 7.13. The van der Waals surface area contributed by atoms with E-state index in [9.17, 15) is 9.59 Å². The van der Waals surface area contributed by atoms with E-state index >= 15 is 0 Å². The SMILES string of the molecule is O=C(CCN(CCCN1CCOCC1)C(=O)c1cnccn1)N1CCN(c2ccccc2Cl)CC1. The second-order valence-electron chi connectivity index (χ2n) is 8.76. The lowest BCUT2D eigenvalue weighted by atomic mass is 10.2. The van der Waals surface area contributed by atoms with Gasteiger partial charge in [0.1, 0.15) is 5.69 Å². The van der Waals surface area contributed by atoms with Gasteiger partial charge in [-0.2, -0.15) is 0 Å². The van der Waals surface area contributed by atoms with Crippen molar-refractivity contribution in [2.24, 2.45) is 0 Å². The Morgan fingerprint density at radius 3 is 2.49 bits per heavy atom. The minimum absolute atomic E-state index is 0.0638. The maximum absolute atomic E-state index is 13.1. The number of amides is 2. The highest BCUT2D eigenvalue weighted by molar-refractivity contribution is 6.33. The van der Waals surface area contributed by atoms with Gasteiger partial charge in [-0.25, -0.2) is 4.98 Å². The number of hydrogen-bond acceptors (Lipinski definition) is 7. The molecule has 35 heavy (non-hydrogen) atoms. The van der Waals surface area contributed by atoms with Gasteiger partial charge in [0.25, 0.3) is 5.91 Å². The van der Waals surface area contributed by atoms with Crippen LogP contribution in [-0.4, -0.2) is 109 Å². The summed E-state index contributed by atoms with van der Waals surface area (Å²) in [5.74, 6) is -0.120. The predicted octanol–water partition coefficient (Wildman–Crippen LogP) is 2.03. The molecule has 0 aliphatic carbocycles. The van der Waals surface area contributed by atoms with Gasteiger partial charge >= 0.3 is 0 Å². The number of carbonyl (C=O) groups is 2. The van der Waals surface area contributed by atoms with E-state index in [1.54, 1.807) is 11.1 Å². The molecule has 2 aliphatic heterocycles. The summed E-state index contributed by atoms with van der Waals surface area (Å²) in [4.78, 5) is 42.4. The average molecular weight is 501 g/mol. The number of anilines is 1. The maximum atomic E-state index is 13.1. The molecule has 2 saturated heterocycles. The molecule has 0 N–H and O–H groups in total. The van der Waals surface area contributed by atoms with Crippen molar-refractivity contribution in [3.63, 3.8) is 0 Å². The van der Waals surface area contributed by atoms with Gasteiger partial charge in [0, 0.05) is 77.7 Å². The van der Waals surface area contributed by atoms with Crippen LogP contribution in [0.15, 0.2) is 42.9 Å². The highest BCUT2D eigenvalue weighted by atomic mass is 35.5. The molecule has 4 rings (SSSR count). The molecule has 2 fully saturated rings. The molecule has 0 atom stereocenters. The van der Waals surface area contributed by atoms with Crippen LogP contribution in [0, 0.1) is 0 Å². The third-order valence-electron chi connectivity index (χ3n) is 6.50. The molecule has 9 nitrogen and oxygen atoms in total. The Balaban J connectivity index is 1.29. The van der Waals surface area contributed by atoms with Crippen LogP contribution in [0.4, 0.5) is 5.69 Å². The van der Waals surface area contributed by atoms with Crippen LogP contribution in [0.5, 0.6) is 0 Å². The molecule has 2 aliphatic rings. The fourth-order valence-corrected chi connectivity index (χ4v) is 4.75. The van der Waals surface area contributed by atoms with Crippen LogP contribution in [-0.2, 0) is 9.53 Å². The number of aromatic nitrogens is 2. The fraction of sp³-hybridized carbons (Fsp3) is 0.520. The number of carbonyl (C=O) groups excluding carboxylic acids is 2. The van der Waals surface area contributed by atoms with E-state index in [1.807, 2.05) is 29.2 Å². The topological polar surface area (TPSA) is 82.1 Å². The first-order chi connectivity index (χ1) is 17.1. The largest absolute Gasteiger partial charge is 0.379 e. The van der Waals surface area contributed by atoms with Crippen molar-refractivity contribution in [2.75, 3.05) is 77.0 Å². The lowest BCUT2D eigenvalue weighted by Gasteiger charge is -2.37. The second-order valence-corrected chi connectivity index (χ2v) is 9.17. The monoisotopic (exact) mass is 500 g/mol. The molecule has 0 saturated carbocycles. The Hall–Kier alpha value is -2.75. The molecule has 0 spiro atoms. The summed E-state index contributed by atoms with van der Waals surface area (Å²) in [5.41, 5.74) is 1.31. The fourth-order valence-electron chi connectivity index (χ4n) is 4.49. The number of rotatable bonds is 9. The van der Waals surface area contributed by atoms with E-state index in [4.69, 9.17) is 16.3 Å². The van der Waals surface area contributed by atoms with E-state index in [2.05, 4.69) is 19.8 Å². The number of hydrogen-bond donors (Lipinski definition) is 0. The van der Waals surface area contributed by atoms with Crippen LogP contribution in [0.3, 0.4) is 0 Å². The quantitative estimate of drug-likeness (QED) is 0.521. The lowest BCUT2D eigenvalue weighted by Crippen LogP contribution is -2.49. The highest BCUT2D eigenvalue weighted by Crippen LogP contribution is 2.26. The Kier molecular flexibility index (Phi) is 9.28. The van der Waals surface area contributed by atoms with Gasteiger partial charge in [-0.05, 0) is 18.6 Å². The molecule has 0 radical (unpaired) electrons. The third-order valence-corrected chi connectivity index (χ3v) is 6.82. The second kappa shape index (κ2) is 12.8. The number of ether oxygens (including phenoxy) is 1. The first-order valence-corrected chi connectivity index (χ1v) is 12.6. The normalized spacial score (nSPS) is 16.8. The van der Waals surface area contributed by atoms with Gasteiger partial charge in [0.2, 0.25) is 5.91 Å². The molecule has 2 aromatic rings. The minimum Gasteiger partial charge on any atom is -0.379 e. The van der Waals surface area contributed by atoms with E-state index in [0.29, 0.717) is 31.9 Å². The van der Waals surface area contributed by atoms with E-state index in [1.165, 1.54) is 12.4 Å². The molecule has 2 amide bonds. The average Bonchev–Trinajstić information content (AvgIpc) is 2.91. The minimum atomic E-state index is -0.184. The number of benzene rings is 1. The van der Waals surface area contributed by atoms with Crippen LogP contribution in [0.25, 0.3) is 0 Å². The predicted molar refractivity (Wildman–Crippen MR) is 135 cm³/mol. The van der Waals surface area contributed by atoms with Crippen molar-refractivity contribution >= 4 is 29.1 Å². The summed E-state index contributed by atoms with van der Waals surface area (Å²) in [7, 11) is 0. The van der Waals surface area contributed by atoms with Gasteiger partial charge < -0.3 is 19.4 Å². The van der Waals surface area contributed by atoms with Gasteiger partial charge in [0.15, 0.2) is 0 Å². The van der Waals surface area contributed by atoms with Crippen molar-refractivity contribution in [1.82, 2.24) is 24.7 Å². The summed E-state index contributed by atoms with van der Waals surface area (Å²) < 4.78 is 5.41. The smallest absolute Gasteiger partial charge is 0.274 e. The molecule has 0 unspecified atom stereocenters. The number of para-hydroxylation sites is 1. The Morgan fingerprint density at radius 1 is 1.00 bits per heavy atom. The van der Waals surface area contributed by atoms with E-state index in [-0.39, 0.29) is 18.2 Å². The zero-order chi connectivity index (χ0) is 24.5. The molecule has 3 heterocycles. The summed E-state index contributed by atoms with van der Waals surface area (Å²) in [6.07, 6.45) is 5.66. The molecule has 10 heteroatoms. The van der Waals surface area contributed by atoms with Gasteiger partial charge in [-0.3, -0.25) is 19.5 Å². The highest BCUT2D eigenvalue weighted by Gasteiger charge is 2.24. The van der Waals surface area contributed by atoms with Crippen molar-refractivity contribution < 1.29 is 14.3 Å². The number of nitrogens with zero attached hydrogens (tertiary/aromatic N) is 6. The zero-order valence-corrected chi connectivity index (χ0v) is 20.8. The molecule has 188 valence electrons. The molecular formula is C25H33ClN6O3. The molecular weight excluding hydrogens is 468 g/mol. The summed E-state index contributed by atoms with van der Waals surface area (Å²) >= 11 is 6.33. The van der Waals surface area contributed by atoms with Crippen molar-refractivity contribution in [1.29, 1.82) is 0 Å². The van der Waals surface area contributed by atoms with Crippen LogP contribution in [0.2, 0.25) is 5.02 Å². The standard InChI is InChI=1S/C25H33ClN6O3/c26-21-4-1-2-5-23(21)30-12-14-31(15-13-30)24(33)6-11-32(25(34)22-20-27-7-8-28-22)10-3-9-29-16-18-35-19-17-29/h1-2,4-5,7-8,20H,3,6,9-19H2. The van der Waals surface area contributed by atoms with Crippen LogP contribution in [0.1, 0.15) is 23.3 Å². The Labute approximate surface area is 211 Å². The van der Waals surface area contributed by atoms with Crippen molar-refractivity contribution in [3.05, 3.63) is 53.6 Å². The van der Waals surface area contributed by atoms with Gasteiger partial charge in [-0.1, -0.05) is 23.7 Å². The molecule has 1 aromatic heterocycles. The number of halogens is 1. The van der Waals surface area contributed by atoms with E-state index in [0.717, 1.165) is 63.1 Å². The molecule has 0 bridgehead atoms. The number of morpholine rings is 1. The van der Waals surface area contributed by atoms with Crippen molar-refractivity contribution in [3.8, 4) is 0 Å². The van der Waals surface area contributed by atoms with Gasteiger partial charge in [-0.15, -0.1) is 0 Å². The number of piperazine rings is 1. The first-order valence-electron chi connectivity index (χ1n) is 12.2. The van der Waals surface area contributed by atoms with Gasteiger partial charge in [0.05, 0.1) is 30.1 Å². The van der Waals surface area contributed by atoms with Crippen LogP contribution >= 0.6 is 11.6 Å². The van der Waals surface area contributed by atoms with E-state index < -0.39 is 0 Å². The van der Waals surface area contributed by atoms with Crippen molar-refractivity contribution in [2.45, 2.75) is 12.8 Å². The first kappa shape index (κ1) is 25.3. The zero-order valence-electron chi connectivity index (χ0n) is 20.0. The Bertz CT molecular complexity index is 965. The Morgan fingerprint density at radius 2 is 1.77 bits per heavy atom. The summed E-state index contributed by atoms with van der Waals surface area (Å²) in [6.45, 7) is 7.90. The maximum Gasteiger partial charge on any atom is 0.274 e. The summed E-state index contributed by atoms with van der Waals surface area (Å²) in [5, 5.41) is 0.725.